The van der Waals surface area contributed by atoms with Gasteiger partial charge in [0.25, 0.3) is 0 Å². The highest BCUT2D eigenvalue weighted by Gasteiger charge is 2.26. The van der Waals surface area contributed by atoms with Gasteiger partial charge in [0.15, 0.2) is 5.82 Å². The van der Waals surface area contributed by atoms with E-state index in [0.717, 1.165) is 58.8 Å². The summed E-state index contributed by atoms with van der Waals surface area (Å²) in [6, 6.07) is 49.5. The zero-order chi connectivity index (χ0) is 48.8. The highest BCUT2D eigenvalue weighted by atomic mass is 32.1. The first-order valence-corrected chi connectivity index (χ1v) is 21.7. The Hall–Kier alpha value is -8.39. The van der Waals surface area contributed by atoms with E-state index in [4.69, 9.17) is 20.4 Å². The van der Waals surface area contributed by atoms with E-state index >= 15 is 0 Å². The first-order chi connectivity index (χ1) is 35.1. The molecule has 0 aliphatic rings. The summed E-state index contributed by atoms with van der Waals surface area (Å²) in [5, 5.41) is 6.06. The third-order valence-corrected chi connectivity index (χ3v) is 13.6. The molecule has 7 heteroatoms. The van der Waals surface area contributed by atoms with Gasteiger partial charge in [-0.15, -0.1) is 11.3 Å². The van der Waals surface area contributed by atoms with Crippen LogP contribution < -0.4 is 0 Å². The van der Waals surface area contributed by atoms with Crippen molar-refractivity contribution in [1.29, 1.82) is 0 Å². The SMILES string of the molecule is [2H]c1c([2H])c([2H])c2c(c1[2H])c1ccccc1n2-c1nc(-c2c(-c3cccc4c3sc3ccccc34)cccc2-n2c3ccccc3c3ccccc32)nc(-n2c3ccccc3c3c([2H])c([2H])c([2H])c([2H])c32)n1. The minimum absolute atomic E-state index is 0.0287. The van der Waals surface area contributed by atoms with Gasteiger partial charge in [0, 0.05) is 58.1 Å². The highest BCUT2D eigenvalue weighted by Crippen LogP contribution is 2.46. The van der Waals surface area contributed by atoms with Gasteiger partial charge in [-0.2, -0.15) is 15.0 Å². The Morgan fingerprint density at radius 2 is 0.812 bits per heavy atom. The number of thiophene rings is 1. The number of fused-ring (bicyclic) bond motifs is 12. The normalized spacial score (nSPS) is 13.8. The van der Waals surface area contributed by atoms with Crippen LogP contribution in [0.25, 0.3) is 126 Å². The second-order valence-electron chi connectivity index (χ2n) is 15.8. The second-order valence-corrected chi connectivity index (χ2v) is 16.8. The molecule has 0 radical (unpaired) electrons. The molecule has 0 fully saturated rings. The van der Waals surface area contributed by atoms with Crippen LogP contribution in [-0.4, -0.2) is 28.7 Å². The van der Waals surface area contributed by atoms with E-state index in [0.29, 0.717) is 38.1 Å². The Balaban J connectivity index is 1.20. The summed E-state index contributed by atoms with van der Waals surface area (Å²) in [5.41, 5.74) is 6.40. The topological polar surface area (TPSA) is 53.5 Å². The van der Waals surface area contributed by atoms with Gasteiger partial charge < -0.3 is 4.57 Å². The summed E-state index contributed by atoms with van der Waals surface area (Å²) < 4.78 is 80.4. The third-order valence-electron chi connectivity index (χ3n) is 12.4. The average molecular weight is 843 g/mol. The molecule has 0 amide bonds. The van der Waals surface area contributed by atoms with Crippen molar-refractivity contribution >= 4 is 96.9 Å². The first kappa shape index (κ1) is 28.3. The summed E-state index contributed by atoms with van der Waals surface area (Å²) in [6.45, 7) is 0. The lowest BCUT2D eigenvalue weighted by molar-refractivity contribution is 0.892. The van der Waals surface area contributed by atoms with E-state index in [-0.39, 0.29) is 65.0 Å². The zero-order valence-corrected chi connectivity index (χ0v) is 34.4. The fourth-order valence-electron chi connectivity index (χ4n) is 9.75. The van der Waals surface area contributed by atoms with Crippen LogP contribution >= 0.6 is 11.3 Å². The van der Waals surface area contributed by atoms with E-state index in [1.807, 2.05) is 91.0 Å². The van der Waals surface area contributed by atoms with Crippen molar-refractivity contribution in [1.82, 2.24) is 28.7 Å². The van der Waals surface area contributed by atoms with Crippen LogP contribution in [-0.2, 0) is 0 Å². The number of rotatable bonds is 5. The Labute approximate surface area is 381 Å². The quantitative estimate of drug-likeness (QED) is 0.173. The molecule has 0 unspecified atom stereocenters. The number of aromatic nitrogens is 6. The van der Waals surface area contributed by atoms with E-state index in [2.05, 4.69) is 71.3 Å². The molecule has 0 atom stereocenters. The van der Waals surface area contributed by atoms with Gasteiger partial charge in [0.1, 0.15) is 0 Å². The van der Waals surface area contributed by atoms with Crippen LogP contribution in [0.15, 0.2) is 206 Å². The number of benzene rings is 9. The van der Waals surface area contributed by atoms with Crippen molar-refractivity contribution in [2.24, 2.45) is 0 Å². The molecular formula is C57H34N6S. The molecular weight excluding hydrogens is 801 g/mol. The molecule has 0 spiro atoms. The molecule has 0 bridgehead atoms. The van der Waals surface area contributed by atoms with Crippen LogP contribution in [0.3, 0.4) is 0 Å². The molecule has 64 heavy (non-hydrogen) atoms. The van der Waals surface area contributed by atoms with Gasteiger partial charge >= 0.3 is 0 Å². The van der Waals surface area contributed by atoms with E-state index < -0.39 is 12.1 Å². The Morgan fingerprint density at radius 1 is 0.359 bits per heavy atom. The van der Waals surface area contributed by atoms with Gasteiger partial charge in [-0.25, -0.2) is 0 Å². The maximum atomic E-state index is 9.45. The molecule has 0 saturated carbocycles. The number of nitrogens with zero attached hydrogens (tertiary/aromatic N) is 6. The van der Waals surface area contributed by atoms with E-state index in [1.165, 1.54) is 0 Å². The van der Waals surface area contributed by atoms with Crippen LogP contribution in [0.2, 0.25) is 0 Å². The minimum atomic E-state index is -0.417. The zero-order valence-electron chi connectivity index (χ0n) is 41.6. The minimum Gasteiger partial charge on any atom is -0.308 e. The predicted octanol–water partition coefficient (Wildman–Crippen LogP) is 14.9. The highest BCUT2D eigenvalue weighted by molar-refractivity contribution is 7.26. The summed E-state index contributed by atoms with van der Waals surface area (Å²) in [5.74, 6) is 0.265. The average Bonchev–Trinajstić information content (AvgIpc) is 4.17. The van der Waals surface area contributed by atoms with Crippen LogP contribution in [0, 0.1) is 0 Å². The Morgan fingerprint density at radius 3 is 1.41 bits per heavy atom. The smallest absolute Gasteiger partial charge is 0.240 e. The molecule has 6 nitrogen and oxygen atoms in total. The summed E-state index contributed by atoms with van der Waals surface area (Å²) >= 11 is 1.70. The van der Waals surface area contributed by atoms with Crippen molar-refractivity contribution in [2.75, 3.05) is 0 Å². The van der Waals surface area contributed by atoms with E-state index in [1.54, 1.807) is 20.5 Å². The lowest BCUT2D eigenvalue weighted by Crippen LogP contribution is -2.11. The Kier molecular flexibility index (Phi) is 5.98. The lowest BCUT2D eigenvalue weighted by Gasteiger charge is -2.19. The monoisotopic (exact) mass is 842 g/mol. The maximum absolute atomic E-state index is 9.45. The molecule has 0 aliphatic heterocycles. The van der Waals surface area contributed by atoms with Crippen LogP contribution in [0.4, 0.5) is 0 Å². The molecule has 0 saturated heterocycles. The van der Waals surface area contributed by atoms with Crippen molar-refractivity contribution in [3.8, 4) is 40.1 Å². The van der Waals surface area contributed by atoms with Crippen molar-refractivity contribution < 1.29 is 11.0 Å². The molecule has 9 aromatic carbocycles. The predicted molar refractivity (Wildman–Crippen MR) is 267 cm³/mol. The van der Waals surface area contributed by atoms with Gasteiger partial charge in [-0.1, -0.05) is 158 Å². The number of para-hydroxylation sites is 6. The van der Waals surface area contributed by atoms with Crippen LogP contribution in [0.1, 0.15) is 11.0 Å². The van der Waals surface area contributed by atoms with Crippen molar-refractivity contribution in [2.45, 2.75) is 0 Å². The second kappa shape index (κ2) is 13.6. The fraction of sp³-hybridized carbons (Fsp3) is 0. The Bertz CT molecular complexity index is 4500. The van der Waals surface area contributed by atoms with E-state index in [9.17, 15) is 5.48 Å². The van der Waals surface area contributed by atoms with Gasteiger partial charge in [0.05, 0.1) is 55.3 Å². The molecule has 14 rings (SSSR count). The molecule has 298 valence electrons. The molecule has 5 aromatic heterocycles. The third kappa shape index (κ3) is 4.98. The van der Waals surface area contributed by atoms with Crippen LogP contribution in [0.5, 0.6) is 0 Å². The maximum Gasteiger partial charge on any atom is 0.240 e. The summed E-state index contributed by atoms with van der Waals surface area (Å²) in [7, 11) is 0. The van der Waals surface area contributed by atoms with Crippen molar-refractivity contribution in [3.05, 3.63) is 206 Å². The standard InChI is InChI=1S/C57H34N6S/c1-8-27-45-35(17-1)36-18-2-9-28-46(36)61(45)51-33-16-24-42(44-26-15-25-43-41-23-7-14-34-52(41)64-54(43)44)53(51)55-58-56(62-47-29-10-3-19-37(47)38-20-4-11-30-48(38)62)60-57(59-55)63-49-31-12-5-21-39(49)40-22-6-13-32-50(40)63/h1-34H/i3D,5D,10D,12D,19D,21D,29D,31D. The van der Waals surface area contributed by atoms with Gasteiger partial charge in [-0.3, -0.25) is 9.13 Å². The summed E-state index contributed by atoms with van der Waals surface area (Å²) in [4.78, 5) is 16.2. The summed E-state index contributed by atoms with van der Waals surface area (Å²) in [6.07, 6.45) is 0. The van der Waals surface area contributed by atoms with Gasteiger partial charge in [0.2, 0.25) is 11.9 Å². The number of hydrogen-bond acceptors (Lipinski definition) is 4. The lowest BCUT2D eigenvalue weighted by atomic mass is 9.95. The first-order valence-electron chi connectivity index (χ1n) is 24.9. The fourth-order valence-corrected chi connectivity index (χ4v) is 11.0. The van der Waals surface area contributed by atoms with Crippen molar-refractivity contribution in [3.63, 3.8) is 0 Å². The largest absolute Gasteiger partial charge is 0.308 e. The molecule has 0 aliphatic carbocycles. The molecule has 0 N–H and O–H groups in total. The number of hydrogen-bond donors (Lipinski definition) is 0. The molecule has 14 aromatic rings. The van der Waals surface area contributed by atoms with Gasteiger partial charge in [-0.05, 0) is 54.0 Å². The molecule has 5 heterocycles.